The van der Waals surface area contributed by atoms with E-state index in [-0.39, 0.29) is 23.8 Å². The van der Waals surface area contributed by atoms with Gasteiger partial charge in [0.15, 0.2) is 12.4 Å². The molecule has 6 nitrogen and oxygen atoms in total. The SMILES string of the molecule is CCc1ccc(C(=O)COC(=O)CSc2ccc([N+](=O)[O-])cc2)cc1. The molecule has 25 heavy (non-hydrogen) atoms. The molecule has 0 saturated carbocycles. The van der Waals surface area contributed by atoms with Gasteiger partial charge in [-0.3, -0.25) is 19.7 Å². The van der Waals surface area contributed by atoms with Crippen molar-refractivity contribution in [3.05, 3.63) is 69.8 Å². The number of hydrogen-bond acceptors (Lipinski definition) is 6. The van der Waals surface area contributed by atoms with E-state index in [1.807, 2.05) is 19.1 Å². The Morgan fingerprint density at radius 3 is 2.28 bits per heavy atom. The van der Waals surface area contributed by atoms with E-state index in [0.29, 0.717) is 10.5 Å². The van der Waals surface area contributed by atoms with Gasteiger partial charge < -0.3 is 4.74 Å². The van der Waals surface area contributed by atoms with Crippen LogP contribution in [0.25, 0.3) is 0 Å². The summed E-state index contributed by atoms with van der Waals surface area (Å²) in [6.07, 6.45) is 0.892. The van der Waals surface area contributed by atoms with Gasteiger partial charge in [0.1, 0.15) is 0 Å². The maximum absolute atomic E-state index is 12.0. The molecule has 0 heterocycles. The zero-order chi connectivity index (χ0) is 18.2. The molecule has 7 heteroatoms. The average molecular weight is 359 g/mol. The summed E-state index contributed by atoms with van der Waals surface area (Å²) >= 11 is 1.19. The van der Waals surface area contributed by atoms with Crippen molar-refractivity contribution in [2.45, 2.75) is 18.2 Å². The Bertz CT molecular complexity index is 756. The molecule has 0 atom stereocenters. The zero-order valence-corrected chi connectivity index (χ0v) is 14.5. The lowest BCUT2D eigenvalue weighted by Gasteiger charge is -2.05. The topological polar surface area (TPSA) is 86.5 Å². The number of carbonyl (C=O) groups is 2. The number of hydrogen-bond donors (Lipinski definition) is 0. The molecule has 0 radical (unpaired) electrons. The Morgan fingerprint density at radius 2 is 1.72 bits per heavy atom. The summed E-state index contributed by atoms with van der Waals surface area (Å²) in [6.45, 7) is 1.73. The molecular weight excluding hydrogens is 342 g/mol. The van der Waals surface area contributed by atoms with E-state index in [0.717, 1.165) is 12.0 Å². The molecule has 0 aliphatic carbocycles. The Kier molecular flexibility index (Phi) is 6.71. The maximum Gasteiger partial charge on any atom is 0.316 e. The van der Waals surface area contributed by atoms with Gasteiger partial charge in [0, 0.05) is 22.6 Å². The smallest absolute Gasteiger partial charge is 0.316 e. The Morgan fingerprint density at radius 1 is 1.08 bits per heavy atom. The molecule has 2 rings (SSSR count). The highest BCUT2D eigenvalue weighted by molar-refractivity contribution is 8.00. The van der Waals surface area contributed by atoms with Crippen molar-refractivity contribution >= 4 is 29.2 Å². The fraction of sp³-hybridized carbons (Fsp3) is 0.222. The minimum atomic E-state index is -0.512. The molecule has 0 N–H and O–H groups in total. The highest BCUT2D eigenvalue weighted by Crippen LogP contribution is 2.21. The molecule has 0 fully saturated rings. The van der Waals surface area contributed by atoms with Crippen LogP contribution >= 0.6 is 11.8 Å². The van der Waals surface area contributed by atoms with Crippen LogP contribution < -0.4 is 0 Å². The van der Waals surface area contributed by atoms with Crippen LogP contribution in [0.1, 0.15) is 22.8 Å². The molecule has 0 aromatic heterocycles. The van der Waals surface area contributed by atoms with Crippen molar-refractivity contribution in [2.24, 2.45) is 0 Å². The highest BCUT2D eigenvalue weighted by atomic mass is 32.2. The van der Waals surface area contributed by atoms with E-state index in [4.69, 9.17) is 4.74 Å². The van der Waals surface area contributed by atoms with Crippen LogP contribution in [-0.4, -0.2) is 29.0 Å². The second-order valence-corrected chi connectivity index (χ2v) is 6.22. The predicted molar refractivity (Wildman–Crippen MR) is 94.9 cm³/mol. The summed E-state index contributed by atoms with van der Waals surface area (Å²) in [4.78, 5) is 34.5. The molecular formula is C18H17NO5S. The lowest BCUT2D eigenvalue weighted by atomic mass is 10.1. The van der Waals surface area contributed by atoms with Crippen LogP contribution in [0.3, 0.4) is 0 Å². The van der Waals surface area contributed by atoms with Gasteiger partial charge in [-0.05, 0) is 24.1 Å². The number of nitrogens with zero attached hydrogens (tertiary/aromatic N) is 1. The van der Waals surface area contributed by atoms with Crippen molar-refractivity contribution in [1.82, 2.24) is 0 Å². The molecule has 0 unspecified atom stereocenters. The summed E-state index contributed by atoms with van der Waals surface area (Å²) in [5, 5.41) is 10.6. The number of carbonyl (C=O) groups excluding carboxylic acids is 2. The third-order valence-corrected chi connectivity index (χ3v) is 4.44. The second kappa shape index (κ2) is 8.98. The summed E-state index contributed by atoms with van der Waals surface area (Å²) in [7, 11) is 0. The van der Waals surface area contributed by atoms with E-state index in [9.17, 15) is 19.7 Å². The fourth-order valence-corrected chi connectivity index (χ4v) is 2.70. The van der Waals surface area contributed by atoms with E-state index >= 15 is 0 Å². The normalized spacial score (nSPS) is 10.3. The van der Waals surface area contributed by atoms with Crippen LogP contribution in [0.4, 0.5) is 5.69 Å². The van der Waals surface area contributed by atoms with Crippen LogP contribution in [-0.2, 0) is 16.0 Å². The first-order valence-electron chi connectivity index (χ1n) is 7.64. The summed E-state index contributed by atoms with van der Waals surface area (Å²) in [6, 6.07) is 13.1. The van der Waals surface area contributed by atoms with Gasteiger partial charge in [-0.25, -0.2) is 0 Å². The summed E-state index contributed by atoms with van der Waals surface area (Å²) in [5.74, 6) is -0.738. The first-order chi connectivity index (χ1) is 12.0. The molecule has 2 aromatic rings. The van der Waals surface area contributed by atoms with E-state index < -0.39 is 10.9 Å². The minimum Gasteiger partial charge on any atom is -0.457 e. The van der Waals surface area contributed by atoms with Crippen molar-refractivity contribution in [3.8, 4) is 0 Å². The van der Waals surface area contributed by atoms with Crippen LogP contribution in [0.15, 0.2) is 53.4 Å². The number of rotatable bonds is 8. The maximum atomic E-state index is 12.0. The molecule has 0 amide bonds. The lowest BCUT2D eigenvalue weighted by Crippen LogP contribution is -2.15. The largest absolute Gasteiger partial charge is 0.457 e. The van der Waals surface area contributed by atoms with E-state index in [1.165, 1.54) is 23.9 Å². The molecule has 130 valence electrons. The van der Waals surface area contributed by atoms with Crippen molar-refractivity contribution in [1.29, 1.82) is 0 Å². The third kappa shape index (κ3) is 5.72. The Balaban J connectivity index is 1.77. The van der Waals surface area contributed by atoms with Gasteiger partial charge in [0.25, 0.3) is 5.69 Å². The molecule has 0 saturated heterocycles. The first-order valence-corrected chi connectivity index (χ1v) is 8.63. The van der Waals surface area contributed by atoms with Gasteiger partial charge >= 0.3 is 5.97 Å². The number of ether oxygens (including phenoxy) is 1. The Hall–Kier alpha value is -2.67. The van der Waals surface area contributed by atoms with Crippen molar-refractivity contribution < 1.29 is 19.2 Å². The molecule has 0 aliphatic heterocycles. The number of esters is 1. The van der Waals surface area contributed by atoms with E-state index in [2.05, 4.69) is 0 Å². The molecule has 0 spiro atoms. The quantitative estimate of drug-likeness (QED) is 0.235. The zero-order valence-electron chi connectivity index (χ0n) is 13.6. The van der Waals surface area contributed by atoms with Gasteiger partial charge in [-0.2, -0.15) is 0 Å². The van der Waals surface area contributed by atoms with Crippen LogP contribution in [0.2, 0.25) is 0 Å². The van der Waals surface area contributed by atoms with Crippen LogP contribution in [0, 0.1) is 10.1 Å². The minimum absolute atomic E-state index is 0.00776. The molecule has 2 aromatic carbocycles. The van der Waals surface area contributed by atoms with Crippen molar-refractivity contribution in [3.63, 3.8) is 0 Å². The van der Waals surface area contributed by atoms with Crippen LogP contribution in [0.5, 0.6) is 0 Å². The number of non-ortho nitro benzene ring substituents is 1. The lowest BCUT2D eigenvalue weighted by molar-refractivity contribution is -0.384. The molecule has 0 bridgehead atoms. The molecule has 0 aliphatic rings. The number of ketones is 1. The Labute approximate surface area is 149 Å². The third-order valence-electron chi connectivity index (χ3n) is 3.45. The predicted octanol–water partition coefficient (Wildman–Crippen LogP) is 3.68. The number of Topliss-reactive ketones (excluding diaryl/α,β-unsaturated/α-hetero) is 1. The van der Waals surface area contributed by atoms with Gasteiger partial charge in [-0.1, -0.05) is 31.2 Å². The number of nitro benzene ring substituents is 1. The van der Waals surface area contributed by atoms with Gasteiger partial charge in [0.2, 0.25) is 0 Å². The fourth-order valence-electron chi connectivity index (χ4n) is 2.00. The summed E-state index contributed by atoms with van der Waals surface area (Å²) in [5.41, 5.74) is 1.63. The monoisotopic (exact) mass is 359 g/mol. The average Bonchev–Trinajstić information content (AvgIpc) is 2.64. The highest BCUT2D eigenvalue weighted by Gasteiger charge is 2.11. The number of thioether (sulfide) groups is 1. The van der Waals surface area contributed by atoms with Gasteiger partial charge in [-0.15, -0.1) is 11.8 Å². The van der Waals surface area contributed by atoms with E-state index in [1.54, 1.807) is 24.3 Å². The second-order valence-electron chi connectivity index (χ2n) is 5.17. The number of benzene rings is 2. The number of aryl methyl sites for hydroxylation is 1. The van der Waals surface area contributed by atoms with Gasteiger partial charge in [0.05, 0.1) is 10.7 Å². The summed E-state index contributed by atoms with van der Waals surface area (Å²) < 4.78 is 4.98. The van der Waals surface area contributed by atoms with Crippen molar-refractivity contribution in [2.75, 3.05) is 12.4 Å². The number of nitro groups is 1. The standard InChI is InChI=1S/C18H17NO5S/c1-2-13-3-5-14(6-4-13)17(20)11-24-18(21)12-25-16-9-7-15(8-10-16)19(22)23/h3-10H,2,11-12H2,1H3. The first kappa shape index (κ1) is 18.7.